The molecule has 2 N–H and O–H groups in total. The Labute approximate surface area is 146 Å². The lowest BCUT2D eigenvalue weighted by molar-refractivity contribution is -0.122. The first-order chi connectivity index (χ1) is 12.1. The number of likely N-dealkylation sites (N-methyl/N-ethyl adjacent to an activating group) is 1. The van der Waals surface area contributed by atoms with Gasteiger partial charge in [0.2, 0.25) is 5.91 Å². The van der Waals surface area contributed by atoms with Crippen LogP contribution in [0.3, 0.4) is 0 Å². The molecule has 1 unspecified atom stereocenters. The summed E-state index contributed by atoms with van der Waals surface area (Å²) in [5.41, 5.74) is 2.63. The van der Waals surface area contributed by atoms with Gasteiger partial charge in [0.05, 0.1) is 11.1 Å². The Balaban J connectivity index is 1.97. The highest BCUT2D eigenvalue weighted by Crippen LogP contribution is 2.19. The van der Waals surface area contributed by atoms with Gasteiger partial charge in [-0.25, -0.2) is 0 Å². The maximum atomic E-state index is 12.8. The van der Waals surface area contributed by atoms with Crippen molar-refractivity contribution in [3.8, 4) is 0 Å². The van der Waals surface area contributed by atoms with Crippen molar-refractivity contribution in [3.63, 3.8) is 0 Å². The maximum Gasteiger partial charge on any atom is 0.254 e. The number of hydrogen-bond acceptors (Lipinski definition) is 3. The Hall–Kier alpha value is -3.21. The standard InChI is InChI=1S/C20H19N3O2/c1-13-11-12-15-9-6-10-16(17(15)22-13)19(24)23-18(20(25)21-2)14-7-4-3-5-8-14/h3-12,18H,1-2H3,(H,21,25)(H,23,24). The van der Waals surface area contributed by atoms with Crippen molar-refractivity contribution in [1.82, 2.24) is 15.6 Å². The third-order valence-corrected chi connectivity index (χ3v) is 4.02. The normalized spacial score (nSPS) is 11.8. The van der Waals surface area contributed by atoms with E-state index in [1.54, 1.807) is 13.1 Å². The Kier molecular flexibility index (Phi) is 4.75. The molecule has 126 valence electrons. The summed E-state index contributed by atoms with van der Waals surface area (Å²) in [5, 5.41) is 6.30. The van der Waals surface area contributed by atoms with Gasteiger partial charge in [-0.15, -0.1) is 0 Å². The average Bonchev–Trinajstić information content (AvgIpc) is 2.65. The Morgan fingerprint density at radius 2 is 1.72 bits per heavy atom. The zero-order chi connectivity index (χ0) is 17.8. The number of aryl methyl sites for hydroxylation is 1. The lowest BCUT2D eigenvalue weighted by Gasteiger charge is -2.18. The SMILES string of the molecule is CNC(=O)C(NC(=O)c1cccc2ccc(C)nc12)c1ccccc1. The quantitative estimate of drug-likeness (QED) is 0.771. The fourth-order valence-corrected chi connectivity index (χ4v) is 2.73. The predicted octanol–water partition coefficient (Wildman–Crippen LogP) is 2.76. The van der Waals surface area contributed by atoms with Crippen LogP contribution in [0.15, 0.2) is 60.7 Å². The molecule has 0 aliphatic heterocycles. The van der Waals surface area contributed by atoms with E-state index in [2.05, 4.69) is 15.6 Å². The van der Waals surface area contributed by atoms with Gasteiger partial charge in [-0.1, -0.05) is 48.5 Å². The molecule has 0 saturated carbocycles. The lowest BCUT2D eigenvalue weighted by Crippen LogP contribution is -2.39. The van der Waals surface area contributed by atoms with Gasteiger partial charge in [0.25, 0.3) is 5.91 Å². The number of carbonyl (C=O) groups is 2. The number of nitrogens with one attached hydrogen (secondary N) is 2. The van der Waals surface area contributed by atoms with Crippen LogP contribution in [0.1, 0.15) is 27.7 Å². The largest absolute Gasteiger partial charge is 0.357 e. The van der Waals surface area contributed by atoms with Gasteiger partial charge in [-0.05, 0) is 24.6 Å². The van der Waals surface area contributed by atoms with Gasteiger partial charge in [-0.2, -0.15) is 0 Å². The molecule has 5 heteroatoms. The van der Waals surface area contributed by atoms with Crippen LogP contribution in [-0.2, 0) is 4.79 Å². The predicted molar refractivity (Wildman–Crippen MR) is 97.2 cm³/mol. The van der Waals surface area contributed by atoms with E-state index >= 15 is 0 Å². The minimum Gasteiger partial charge on any atom is -0.357 e. The van der Waals surface area contributed by atoms with E-state index in [1.807, 2.05) is 61.5 Å². The number of carbonyl (C=O) groups excluding carboxylic acids is 2. The summed E-state index contributed by atoms with van der Waals surface area (Å²) >= 11 is 0. The van der Waals surface area contributed by atoms with Gasteiger partial charge < -0.3 is 10.6 Å². The molecule has 0 radical (unpaired) electrons. The number of aromatic nitrogens is 1. The number of rotatable bonds is 4. The van der Waals surface area contributed by atoms with Crippen LogP contribution in [0.2, 0.25) is 0 Å². The second-order valence-electron chi connectivity index (χ2n) is 5.76. The fraction of sp³-hybridized carbons (Fsp3) is 0.150. The summed E-state index contributed by atoms with van der Waals surface area (Å²) in [6, 6.07) is 17.7. The minimum atomic E-state index is -0.765. The van der Waals surface area contributed by atoms with E-state index in [0.29, 0.717) is 11.1 Å². The van der Waals surface area contributed by atoms with Gasteiger partial charge in [-0.3, -0.25) is 14.6 Å². The van der Waals surface area contributed by atoms with E-state index in [1.165, 1.54) is 0 Å². The number of nitrogens with zero attached hydrogens (tertiary/aromatic N) is 1. The van der Waals surface area contributed by atoms with Crippen molar-refractivity contribution >= 4 is 22.7 Å². The van der Waals surface area contributed by atoms with Crippen LogP contribution in [0.25, 0.3) is 10.9 Å². The van der Waals surface area contributed by atoms with Crippen LogP contribution < -0.4 is 10.6 Å². The van der Waals surface area contributed by atoms with Gasteiger partial charge >= 0.3 is 0 Å². The molecule has 25 heavy (non-hydrogen) atoms. The molecule has 1 aromatic heterocycles. The minimum absolute atomic E-state index is 0.274. The Bertz CT molecular complexity index is 923. The maximum absolute atomic E-state index is 12.8. The fourth-order valence-electron chi connectivity index (χ4n) is 2.73. The zero-order valence-corrected chi connectivity index (χ0v) is 14.1. The highest BCUT2D eigenvalue weighted by molar-refractivity contribution is 6.06. The molecule has 2 amide bonds. The second-order valence-corrected chi connectivity index (χ2v) is 5.76. The van der Waals surface area contributed by atoms with E-state index in [-0.39, 0.29) is 11.8 Å². The number of benzene rings is 2. The van der Waals surface area contributed by atoms with Crippen molar-refractivity contribution in [2.75, 3.05) is 7.05 Å². The van der Waals surface area contributed by atoms with E-state index in [9.17, 15) is 9.59 Å². The van der Waals surface area contributed by atoms with E-state index in [0.717, 1.165) is 16.6 Å². The van der Waals surface area contributed by atoms with Crippen LogP contribution in [0.4, 0.5) is 0 Å². The molecule has 0 aliphatic carbocycles. The van der Waals surface area contributed by atoms with Gasteiger partial charge in [0, 0.05) is 18.1 Å². The Morgan fingerprint density at radius 3 is 2.44 bits per heavy atom. The molecule has 5 nitrogen and oxygen atoms in total. The van der Waals surface area contributed by atoms with Crippen LogP contribution >= 0.6 is 0 Å². The van der Waals surface area contributed by atoms with Crippen molar-refractivity contribution in [2.24, 2.45) is 0 Å². The van der Waals surface area contributed by atoms with Crippen molar-refractivity contribution < 1.29 is 9.59 Å². The highest BCUT2D eigenvalue weighted by Gasteiger charge is 2.23. The number of fused-ring (bicyclic) bond motifs is 1. The molecule has 0 spiro atoms. The first kappa shape index (κ1) is 16.6. The van der Waals surface area contributed by atoms with Crippen LogP contribution in [-0.4, -0.2) is 23.8 Å². The summed E-state index contributed by atoms with van der Waals surface area (Å²) in [7, 11) is 1.55. The first-order valence-corrected chi connectivity index (χ1v) is 8.04. The molecule has 0 aliphatic rings. The molecule has 3 aromatic rings. The molecule has 2 aromatic carbocycles. The smallest absolute Gasteiger partial charge is 0.254 e. The number of amides is 2. The summed E-state index contributed by atoms with van der Waals surface area (Å²) < 4.78 is 0. The van der Waals surface area contributed by atoms with Crippen molar-refractivity contribution in [1.29, 1.82) is 0 Å². The van der Waals surface area contributed by atoms with Gasteiger partial charge in [0.15, 0.2) is 0 Å². The van der Waals surface area contributed by atoms with Crippen molar-refractivity contribution in [3.05, 3.63) is 77.5 Å². The molecular formula is C20H19N3O2. The van der Waals surface area contributed by atoms with Gasteiger partial charge in [0.1, 0.15) is 6.04 Å². The molecular weight excluding hydrogens is 314 g/mol. The van der Waals surface area contributed by atoms with Crippen molar-refractivity contribution in [2.45, 2.75) is 13.0 Å². The molecule has 1 atom stereocenters. The summed E-state index contributed by atoms with van der Waals surface area (Å²) in [5.74, 6) is -0.606. The monoisotopic (exact) mass is 333 g/mol. The molecule has 0 saturated heterocycles. The summed E-state index contributed by atoms with van der Waals surface area (Å²) in [4.78, 5) is 29.6. The number of pyridine rings is 1. The van der Waals surface area contributed by atoms with Crippen LogP contribution in [0, 0.1) is 6.92 Å². The van der Waals surface area contributed by atoms with Crippen LogP contribution in [0.5, 0.6) is 0 Å². The topological polar surface area (TPSA) is 71.1 Å². The third-order valence-electron chi connectivity index (χ3n) is 4.02. The lowest BCUT2D eigenvalue weighted by atomic mass is 10.0. The second kappa shape index (κ2) is 7.13. The Morgan fingerprint density at radius 1 is 0.960 bits per heavy atom. The van der Waals surface area contributed by atoms with E-state index in [4.69, 9.17) is 0 Å². The summed E-state index contributed by atoms with van der Waals surface area (Å²) in [6.07, 6.45) is 0. The van der Waals surface area contributed by atoms with E-state index < -0.39 is 6.04 Å². The molecule has 1 heterocycles. The summed E-state index contributed by atoms with van der Waals surface area (Å²) in [6.45, 7) is 1.88. The highest BCUT2D eigenvalue weighted by atomic mass is 16.2. The average molecular weight is 333 g/mol. The number of hydrogen-bond donors (Lipinski definition) is 2. The molecule has 0 bridgehead atoms. The zero-order valence-electron chi connectivity index (χ0n) is 14.1. The number of para-hydroxylation sites is 1. The first-order valence-electron chi connectivity index (χ1n) is 8.04. The molecule has 0 fully saturated rings. The third kappa shape index (κ3) is 3.50. The molecule has 3 rings (SSSR count).